The maximum atomic E-state index is 13.5. The summed E-state index contributed by atoms with van der Waals surface area (Å²) in [7, 11) is 1.66. The van der Waals surface area contributed by atoms with Gasteiger partial charge in [0.15, 0.2) is 5.65 Å². The highest BCUT2D eigenvalue weighted by Gasteiger charge is 2.33. The number of rotatable bonds is 6. The molecule has 1 atom stereocenters. The lowest BCUT2D eigenvalue weighted by Crippen LogP contribution is -2.46. The van der Waals surface area contributed by atoms with Gasteiger partial charge in [-0.15, -0.1) is 0 Å². The van der Waals surface area contributed by atoms with Crippen LogP contribution in [0, 0.1) is 0 Å². The molecular formula is C29H32N6O2. The number of carbonyl (C=O) groups is 1. The van der Waals surface area contributed by atoms with Gasteiger partial charge in [0, 0.05) is 45.8 Å². The zero-order valence-corrected chi connectivity index (χ0v) is 21.4. The molecule has 0 saturated carbocycles. The predicted molar refractivity (Wildman–Crippen MR) is 144 cm³/mol. The Hall–Kier alpha value is -3.91. The summed E-state index contributed by atoms with van der Waals surface area (Å²) in [6.45, 7) is 8.07. The molecule has 1 saturated heterocycles. The average molecular weight is 497 g/mol. The third-order valence-electron chi connectivity index (χ3n) is 7.42. The van der Waals surface area contributed by atoms with E-state index in [2.05, 4.69) is 47.1 Å². The summed E-state index contributed by atoms with van der Waals surface area (Å²) in [5.41, 5.74) is 3.70. The number of hydrogen-bond acceptors (Lipinski definition) is 6. The second-order valence-corrected chi connectivity index (χ2v) is 9.97. The molecule has 1 amide bonds. The molecule has 2 aliphatic rings. The average Bonchev–Trinajstić information content (AvgIpc) is 3.33. The number of nitrogens with zero attached hydrogens (tertiary/aromatic N) is 6. The lowest BCUT2D eigenvalue weighted by Gasteiger charge is -2.35. The normalized spacial score (nSPS) is 18.3. The summed E-state index contributed by atoms with van der Waals surface area (Å²) in [5, 5.41) is 5.60. The van der Waals surface area contributed by atoms with E-state index in [0.29, 0.717) is 24.4 Å². The molecule has 0 bridgehead atoms. The Kier molecular flexibility index (Phi) is 6.26. The third kappa shape index (κ3) is 4.64. The van der Waals surface area contributed by atoms with Gasteiger partial charge in [-0.05, 0) is 42.3 Å². The topological polar surface area (TPSA) is 66.7 Å². The minimum atomic E-state index is 0.000458. The van der Waals surface area contributed by atoms with Gasteiger partial charge in [-0.2, -0.15) is 5.10 Å². The molecule has 2 aliphatic heterocycles. The van der Waals surface area contributed by atoms with Crippen molar-refractivity contribution in [2.75, 3.05) is 44.7 Å². The number of piperazine rings is 1. The number of methoxy groups -OCH3 is 1. The van der Waals surface area contributed by atoms with E-state index >= 15 is 0 Å². The molecule has 4 aromatic rings. The van der Waals surface area contributed by atoms with Crippen molar-refractivity contribution in [2.45, 2.75) is 26.1 Å². The SMILES string of the molecule is COc1ccc(CN2C[C@@H](C)n3nc4nc(N5CCN(Cc6ccccc6)CC5)ccc4c3C2=O)cc1. The van der Waals surface area contributed by atoms with Crippen LogP contribution < -0.4 is 9.64 Å². The molecule has 0 aliphatic carbocycles. The van der Waals surface area contributed by atoms with Gasteiger partial charge in [-0.1, -0.05) is 42.5 Å². The monoisotopic (exact) mass is 496 g/mol. The number of benzene rings is 2. The van der Waals surface area contributed by atoms with Gasteiger partial charge in [0.1, 0.15) is 17.3 Å². The van der Waals surface area contributed by atoms with E-state index in [1.165, 1.54) is 5.56 Å². The number of hydrogen-bond donors (Lipinski definition) is 0. The predicted octanol–water partition coefficient (Wildman–Crippen LogP) is 3.98. The standard InChI is InChI=1S/C29H32N6O2/c1-21-18-34(20-23-8-10-24(37-2)11-9-23)29(36)27-25-12-13-26(30-28(25)31-35(21)27)33-16-14-32(15-17-33)19-22-6-4-3-5-7-22/h3-13,21H,14-20H2,1-2H3/t21-/m1/s1. The van der Waals surface area contributed by atoms with Gasteiger partial charge in [-0.3, -0.25) is 14.4 Å². The minimum absolute atomic E-state index is 0.000458. The number of amides is 1. The van der Waals surface area contributed by atoms with E-state index in [-0.39, 0.29) is 11.9 Å². The van der Waals surface area contributed by atoms with Crippen molar-refractivity contribution in [1.29, 1.82) is 0 Å². The highest BCUT2D eigenvalue weighted by molar-refractivity contribution is 6.05. The highest BCUT2D eigenvalue weighted by atomic mass is 16.5. The van der Waals surface area contributed by atoms with E-state index in [1.807, 2.05) is 46.0 Å². The Morgan fingerprint density at radius 1 is 0.892 bits per heavy atom. The summed E-state index contributed by atoms with van der Waals surface area (Å²) in [4.78, 5) is 25.1. The lowest BCUT2D eigenvalue weighted by molar-refractivity contribution is 0.0654. The summed E-state index contributed by atoms with van der Waals surface area (Å²) >= 11 is 0. The van der Waals surface area contributed by atoms with E-state index in [1.54, 1.807) is 7.11 Å². The fourth-order valence-electron chi connectivity index (χ4n) is 5.38. The first kappa shape index (κ1) is 23.5. The van der Waals surface area contributed by atoms with Crippen molar-refractivity contribution in [3.8, 4) is 5.75 Å². The molecule has 0 N–H and O–H groups in total. The van der Waals surface area contributed by atoms with Gasteiger partial charge >= 0.3 is 0 Å². The summed E-state index contributed by atoms with van der Waals surface area (Å²) in [5.74, 6) is 1.74. The van der Waals surface area contributed by atoms with Crippen LogP contribution in [0.5, 0.6) is 5.75 Å². The van der Waals surface area contributed by atoms with E-state index in [4.69, 9.17) is 14.8 Å². The molecular weight excluding hydrogens is 464 g/mol. The third-order valence-corrected chi connectivity index (χ3v) is 7.42. The molecule has 2 aromatic carbocycles. The van der Waals surface area contributed by atoms with Crippen LogP contribution in [-0.2, 0) is 13.1 Å². The van der Waals surface area contributed by atoms with Crippen LogP contribution in [0.25, 0.3) is 11.0 Å². The number of pyridine rings is 1. The summed E-state index contributed by atoms with van der Waals surface area (Å²) < 4.78 is 7.13. The molecule has 0 radical (unpaired) electrons. The largest absolute Gasteiger partial charge is 0.497 e. The first-order valence-corrected chi connectivity index (χ1v) is 12.9. The molecule has 8 nitrogen and oxygen atoms in total. The van der Waals surface area contributed by atoms with Crippen LogP contribution in [0.3, 0.4) is 0 Å². The molecule has 1 fully saturated rings. The van der Waals surface area contributed by atoms with Crippen LogP contribution >= 0.6 is 0 Å². The molecule has 37 heavy (non-hydrogen) atoms. The van der Waals surface area contributed by atoms with Crippen molar-refractivity contribution in [1.82, 2.24) is 24.6 Å². The van der Waals surface area contributed by atoms with Crippen molar-refractivity contribution >= 4 is 22.8 Å². The Bertz CT molecular complexity index is 1390. The summed E-state index contributed by atoms with van der Waals surface area (Å²) in [6.07, 6.45) is 0. The van der Waals surface area contributed by atoms with E-state index in [9.17, 15) is 4.79 Å². The number of ether oxygens (including phenoxy) is 1. The van der Waals surface area contributed by atoms with Gasteiger partial charge in [0.25, 0.3) is 5.91 Å². The summed E-state index contributed by atoms with van der Waals surface area (Å²) in [6, 6.07) is 22.6. The number of anilines is 1. The Balaban J connectivity index is 1.18. The quantitative estimate of drug-likeness (QED) is 0.402. The molecule has 0 spiro atoms. The number of fused-ring (bicyclic) bond motifs is 3. The van der Waals surface area contributed by atoms with E-state index < -0.39 is 0 Å². The van der Waals surface area contributed by atoms with Crippen LogP contribution in [0.15, 0.2) is 66.7 Å². The fourth-order valence-corrected chi connectivity index (χ4v) is 5.38. The minimum Gasteiger partial charge on any atom is -0.497 e. The smallest absolute Gasteiger partial charge is 0.273 e. The fraction of sp³-hybridized carbons (Fsp3) is 0.345. The Morgan fingerprint density at radius 3 is 2.35 bits per heavy atom. The highest BCUT2D eigenvalue weighted by Crippen LogP contribution is 2.30. The van der Waals surface area contributed by atoms with Crippen LogP contribution in [-0.4, -0.2) is 70.3 Å². The Labute approximate surface area is 217 Å². The molecule has 6 rings (SSSR count). The van der Waals surface area contributed by atoms with Crippen LogP contribution in [0.1, 0.15) is 34.6 Å². The Morgan fingerprint density at radius 2 is 1.62 bits per heavy atom. The van der Waals surface area contributed by atoms with Gasteiger partial charge in [0.05, 0.1) is 18.5 Å². The molecule has 0 unspecified atom stereocenters. The van der Waals surface area contributed by atoms with Crippen molar-refractivity contribution in [3.63, 3.8) is 0 Å². The molecule has 2 aromatic heterocycles. The van der Waals surface area contributed by atoms with Crippen molar-refractivity contribution < 1.29 is 9.53 Å². The first-order valence-electron chi connectivity index (χ1n) is 12.9. The first-order chi connectivity index (χ1) is 18.1. The van der Waals surface area contributed by atoms with Crippen molar-refractivity contribution in [2.24, 2.45) is 0 Å². The zero-order valence-electron chi connectivity index (χ0n) is 21.4. The lowest BCUT2D eigenvalue weighted by atomic mass is 10.1. The van der Waals surface area contributed by atoms with Gasteiger partial charge in [-0.25, -0.2) is 4.98 Å². The van der Waals surface area contributed by atoms with Gasteiger partial charge in [0.2, 0.25) is 0 Å². The van der Waals surface area contributed by atoms with Crippen molar-refractivity contribution in [3.05, 3.63) is 83.6 Å². The maximum Gasteiger partial charge on any atom is 0.273 e. The van der Waals surface area contributed by atoms with Crippen LogP contribution in [0.4, 0.5) is 5.82 Å². The maximum absolute atomic E-state index is 13.5. The number of carbonyl (C=O) groups excluding carboxylic acids is 1. The molecule has 8 heteroatoms. The van der Waals surface area contributed by atoms with E-state index in [0.717, 1.165) is 55.2 Å². The van der Waals surface area contributed by atoms with Gasteiger partial charge < -0.3 is 14.5 Å². The second kappa shape index (κ2) is 9.86. The molecule has 4 heterocycles. The van der Waals surface area contributed by atoms with Crippen LogP contribution in [0.2, 0.25) is 0 Å². The molecule has 190 valence electrons. The second-order valence-electron chi connectivity index (χ2n) is 9.97. The zero-order chi connectivity index (χ0) is 25.4. The number of aromatic nitrogens is 3.